The minimum Gasteiger partial charge on any atom is -0.350 e. The van der Waals surface area contributed by atoms with E-state index in [4.69, 9.17) is 0 Å². The van der Waals surface area contributed by atoms with E-state index in [0.29, 0.717) is 6.04 Å². The Balaban J connectivity index is 1.27. The Morgan fingerprint density at radius 2 is 1.96 bits per heavy atom. The summed E-state index contributed by atoms with van der Waals surface area (Å²) in [6, 6.07) is 15.8. The zero-order valence-electron chi connectivity index (χ0n) is 14.7. The smallest absolute Gasteiger partial charge is 0.203 e. The molecule has 0 spiro atoms. The predicted molar refractivity (Wildman–Crippen MR) is 102 cm³/mol. The Morgan fingerprint density at radius 3 is 2.85 bits per heavy atom. The lowest BCUT2D eigenvalue weighted by atomic mass is 10.0. The van der Waals surface area contributed by atoms with Crippen LogP contribution in [0.3, 0.4) is 0 Å². The molecule has 2 aromatic heterocycles. The van der Waals surface area contributed by atoms with Crippen LogP contribution >= 0.6 is 0 Å². The Morgan fingerprint density at radius 1 is 1.12 bits per heavy atom. The van der Waals surface area contributed by atoms with Gasteiger partial charge in [-0.2, -0.15) is 0 Å². The van der Waals surface area contributed by atoms with E-state index in [2.05, 4.69) is 74.5 Å². The molecular formula is C20H20N6. The first-order chi connectivity index (χ1) is 12.8. The van der Waals surface area contributed by atoms with E-state index in [-0.39, 0.29) is 0 Å². The highest BCUT2D eigenvalue weighted by Gasteiger charge is 2.32. The second-order valence-corrected chi connectivity index (χ2v) is 6.97. The Labute approximate surface area is 151 Å². The van der Waals surface area contributed by atoms with Gasteiger partial charge in [0.15, 0.2) is 5.82 Å². The third-order valence-corrected chi connectivity index (χ3v) is 5.23. The van der Waals surface area contributed by atoms with E-state index in [1.807, 2.05) is 10.6 Å². The van der Waals surface area contributed by atoms with Crippen molar-refractivity contribution in [3.05, 3.63) is 66.7 Å². The fraction of sp³-hybridized carbons (Fsp3) is 0.250. The van der Waals surface area contributed by atoms with Crippen molar-refractivity contribution < 1.29 is 0 Å². The average Bonchev–Trinajstić information content (AvgIpc) is 3.10. The molecule has 130 valence electrons. The summed E-state index contributed by atoms with van der Waals surface area (Å²) in [6.07, 6.45) is 5.39. The monoisotopic (exact) mass is 344 g/mol. The molecule has 4 aromatic rings. The van der Waals surface area contributed by atoms with Crippen LogP contribution in [0, 0.1) is 0 Å². The number of anilines is 1. The quantitative estimate of drug-likeness (QED) is 0.570. The molecule has 0 saturated carbocycles. The SMILES string of the molecule is CN(Cc1ccc2ccccc2c1)C1CN(c2nccn3cnnc23)C1. The number of benzene rings is 2. The van der Waals surface area contributed by atoms with Crippen LogP contribution in [0.15, 0.2) is 61.2 Å². The third kappa shape index (κ3) is 2.59. The Bertz CT molecular complexity index is 1070. The van der Waals surface area contributed by atoms with Crippen LogP contribution < -0.4 is 4.90 Å². The maximum absolute atomic E-state index is 4.50. The highest BCUT2D eigenvalue weighted by atomic mass is 15.4. The molecule has 0 bridgehead atoms. The highest BCUT2D eigenvalue weighted by molar-refractivity contribution is 5.83. The Kier molecular flexibility index (Phi) is 3.57. The number of hydrogen-bond donors (Lipinski definition) is 0. The minimum atomic E-state index is 0.520. The first kappa shape index (κ1) is 15.3. The minimum absolute atomic E-state index is 0.520. The van der Waals surface area contributed by atoms with Crippen molar-refractivity contribution in [1.29, 1.82) is 0 Å². The maximum Gasteiger partial charge on any atom is 0.203 e. The van der Waals surface area contributed by atoms with Crippen LogP contribution in [0.1, 0.15) is 5.56 Å². The Hall–Kier alpha value is -2.99. The fourth-order valence-electron chi connectivity index (χ4n) is 3.63. The number of aromatic nitrogens is 4. The third-order valence-electron chi connectivity index (χ3n) is 5.23. The molecule has 1 fully saturated rings. The lowest BCUT2D eigenvalue weighted by molar-refractivity contribution is 0.197. The standard InChI is InChI=1S/C20H20N6/c1-24(11-15-6-7-16-4-2-3-5-17(16)10-15)18-12-26(13-18)19-20-23-22-14-25(20)9-8-21-19/h2-10,14,18H,11-13H2,1H3. The molecule has 1 saturated heterocycles. The van der Waals surface area contributed by atoms with Crippen molar-refractivity contribution in [3.63, 3.8) is 0 Å². The molecule has 0 unspecified atom stereocenters. The first-order valence-electron chi connectivity index (χ1n) is 8.85. The summed E-state index contributed by atoms with van der Waals surface area (Å²) in [6.45, 7) is 2.87. The van der Waals surface area contributed by atoms with Gasteiger partial charge in [-0.15, -0.1) is 10.2 Å². The van der Waals surface area contributed by atoms with E-state index in [9.17, 15) is 0 Å². The van der Waals surface area contributed by atoms with E-state index in [0.717, 1.165) is 31.1 Å². The molecule has 0 aliphatic carbocycles. The van der Waals surface area contributed by atoms with E-state index in [1.54, 1.807) is 12.5 Å². The van der Waals surface area contributed by atoms with Crippen LogP contribution in [-0.2, 0) is 6.54 Å². The predicted octanol–water partition coefficient (Wildman–Crippen LogP) is 2.60. The van der Waals surface area contributed by atoms with Crippen molar-refractivity contribution in [2.24, 2.45) is 0 Å². The zero-order chi connectivity index (χ0) is 17.5. The van der Waals surface area contributed by atoms with Gasteiger partial charge in [0, 0.05) is 38.1 Å². The maximum atomic E-state index is 4.50. The summed E-state index contributed by atoms with van der Waals surface area (Å²) in [5, 5.41) is 10.8. The van der Waals surface area contributed by atoms with Gasteiger partial charge >= 0.3 is 0 Å². The van der Waals surface area contributed by atoms with Crippen molar-refractivity contribution in [2.75, 3.05) is 25.0 Å². The normalized spacial score (nSPS) is 15.1. The molecule has 6 heteroatoms. The molecule has 0 N–H and O–H groups in total. The summed E-state index contributed by atoms with van der Waals surface area (Å²) < 4.78 is 1.91. The van der Waals surface area contributed by atoms with Gasteiger partial charge in [-0.1, -0.05) is 36.4 Å². The average molecular weight is 344 g/mol. The van der Waals surface area contributed by atoms with Gasteiger partial charge in [0.2, 0.25) is 5.65 Å². The lowest BCUT2D eigenvalue weighted by Gasteiger charge is -2.44. The largest absolute Gasteiger partial charge is 0.350 e. The van der Waals surface area contributed by atoms with Crippen LogP contribution in [0.4, 0.5) is 5.82 Å². The zero-order valence-corrected chi connectivity index (χ0v) is 14.7. The number of likely N-dealkylation sites (N-methyl/N-ethyl adjacent to an activating group) is 1. The van der Waals surface area contributed by atoms with Gasteiger partial charge in [0.1, 0.15) is 6.33 Å². The molecule has 5 rings (SSSR count). The molecule has 0 atom stereocenters. The highest BCUT2D eigenvalue weighted by Crippen LogP contribution is 2.25. The van der Waals surface area contributed by atoms with E-state index >= 15 is 0 Å². The van der Waals surface area contributed by atoms with Crippen molar-refractivity contribution >= 4 is 22.2 Å². The van der Waals surface area contributed by atoms with Crippen LogP contribution in [0.5, 0.6) is 0 Å². The van der Waals surface area contributed by atoms with Gasteiger partial charge in [-0.05, 0) is 29.4 Å². The number of hydrogen-bond acceptors (Lipinski definition) is 5. The number of nitrogens with zero attached hydrogens (tertiary/aromatic N) is 6. The summed E-state index contributed by atoms with van der Waals surface area (Å²) in [5.41, 5.74) is 2.17. The fourth-order valence-corrected chi connectivity index (χ4v) is 3.63. The van der Waals surface area contributed by atoms with E-state index in [1.165, 1.54) is 16.3 Å². The van der Waals surface area contributed by atoms with Crippen molar-refractivity contribution in [1.82, 2.24) is 24.5 Å². The van der Waals surface area contributed by atoms with Crippen molar-refractivity contribution in [3.8, 4) is 0 Å². The first-order valence-corrected chi connectivity index (χ1v) is 8.85. The lowest BCUT2D eigenvalue weighted by Crippen LogP contribution is -2.58. The second kappa shape index (κ2) is 6.07. The molecule has 6 nitrogen and oxygen atoms in total. The summed E-state index contributed by atoms with van der Waals surface area (Å²) in [5.74, 6) is 0.917. The van der Waals surface area contributed by atoms with Gasteiger partial charge in [-0.3, -0.25) is 9.30 Å². The number of rotatable bonds is 4. The second-order valence-electron chi connectivity index (χ2n) is 6.97. The molecule has 1 aliphatic rings. The van der Waals surface area contributed by atoms with Gasteiger partial charge in [0.05, 0.1) is 0 Å². The van der Waals surface area contributed by atoms with Gasteiger partial charge in [0.25, 0.3) is 0 Å². The molecule has 1 aliphatic heterocycles. The molecular weight excluding hydrogens is 324 g/mol. The number of fused-ring (bicyclic) bond motifs is 2. The molecule has 0 amide bonds. The molecule has 2 aromatic carbocycles. The van der Waals surface area contributed by atoms with Crippen LogP contribution in [0.25, 0.3) is 16.4 Å². The summed E-state index contributed by atoms with van der Waals surface area (Å²) in [7, 11) is 2.20. The molecule has 3 heterocycles. The van der Waals surface area contributed by atoms with E-state index < -0.39 is 0 Å². The van der Waals surface area contributed by atoms with Gasteiger partial charge in [-0.25, -0.2) is 4.98 Å². The molecule has 0 radical (unpaired) electrons. The van der Waals surface area contributed by atoms with Crippen molar-refractivity contribution in [2.45, 2.75) is 12.6 Å². The summed E-state index contributed by atoms with van der Waals surface area (Å²) >= 11 is 0. The van der Waals surface area contributed by atoms with Gasteiger partial charge < -0.3 is 4.90 Å². The van der Waals surface area contributed by atoms with Crippen LogP contribution in [0.2, 0.25) is 0 Å². The topological polar surface area (TPSA) is 49.6 Å². The summed E-state index contributed by atoms with van der Waals surface area (Å²) in [4.78, 5) is 9.19. The van der Waals surface area contributed by atoms with Crippen LogP contribution in [-0.4, -0.2) is 50.7 Å². The molecule has 26 heavy (non-hydrogen) atoms.